The van der Waals surface area contributed by atoms with Crippen LogP contribution in [-0.2, 0) is 4.51 Å². The molecule has 1 aromatic carbocycles. The second kappa shape index (κ2) is 3.26. The standard InChI is InChI=1S/C9H8BrNO/c1-9(10,12)8-4-2-7(6-11)3-5-8/h2-5,12H,1H3. The monoisotopic (exact) mass is 225 g/mol. The zero-order valence-corrected chi connectivity index (χ0v) is 8.17. The smallest absolute Gasteiger partial charge is 0.142 e. The number of hydrogen-bond acceptors (Lipinski definition) is 2. The van der Waals surface area contributed by atoms with Crippen LogP contribution in [0.15, 0.2) is 24.3 Å². The van der Waals surface area contributed by atoms with E-state index in [1.54, 1.807) is 31.2 Å². The lowest BCUT2D eigenvalue weighted by molar-refractivity contribution is 0.167. The molecule has 12 heavy (non-hydrogen) atoms. The first-order valence-corrected chi connectivity index (χ1v) is 4.25. The van der Waals surface area contributed by atoms with E-state index in [2.05, 4.69) is 15.9 Å². The Balaban J connectivity index is 3.02. The maximum atomic E-state index is 9.49. The molecule has 0 spiro atoms. The number of rotatable bonds is 1. The Morgan fingerprint density at radius 3 is 2.25 bits per heavy atom. The van der Waals surface area contributed by atoms with Crippen molar-refractivity contribution in [3.05, 3.63) is 35.4 Å². The first-order valence-electron chi connectivity index (χ1n) is 3.46. The van der Waals surface area contributed by atoms with Gasteiger partial charge in [-0.25, -0.2) is 0 Å². The van der Waals surface area contributed by atoms with Crippen LogP contribution in [-0.4, -0.2) is 5.11 Å². The zero-order valence-electron chi connectivity index (χ0n) is 6.58. The van der Waals surface area contributed by atoms with E-state index in [9.17, 15) is 5.11 Å². The van der Waals surface area contributed by atoms with E-state index in [1.165, 1.54) is 0 Å². The van der Waals surface area contributed by atoms with Crippen LogP contribution in [0.2, 0.25) is 0 Å². The number of hydrogen-bond donors (Lipinski definition) is 1. The van der Waals surface area contributed by atoms with E-state index >= 15 is 0 Å². The van der Waals surface area contributed by atoms with Crippen molar-refractivity contribution in [3.8, 4) is 6.07 Å². The minimum atomic E-state index is -1.01. The molecule has 1 atom stereocenters. The third kappa shape index (κ3) is 2.07. The van der Waals surface area contributed by atoms with Crippen LogP contribution in [0.1, 0.15) is 18.1 Å². The summed E-state index contributed by atoms with van der Waals surface area (Å²) in [5.74, 6) is 0. The van der Waals surface area contributed by atoms with Crippen LogP contribution >= 0.6 is 15.9 Å². The lowest BCUT2D eigenvalue weighted by Gasteiger charge is -2.14. The number of nitriles is 1. The molecule has 0 aliphatic heterocycles. The number of alkyl halides is 1. The fourth-order valence-corrected chi connectivity index (χ4v) is 1.11. The second-order valence-corrected chi connectivity index (χ2v) is 4.19. The Labute approximate surface area is 79.6 Å². The highest BCUT2D eigenvalue weighted by Gasteiger charge is 2.17. The average Bonchev–Trinajstić information content (AvgIpc) is 2.03. The largest absolute Gasteiger partial charge is 0.375 e. The van der Waals surface area contributed by atoms with E-state index in [-0.39, 0.29) is 0 Å². The third-order valence-electron chi connectivity index (χ3n) is 1.54. The summed E-state index contributed by atoms with van der Waals surface area (Å²) in [6, 6.07) is 8.78. The van der Waals surface area contributed by atoms with Crippen LogP contribution in [0.5, 0.6) is 0 Å². The van der Waals surface area contributed by atoms with Crippen molar-refractivity contribution >= 4 is 15.9 Å². The van der Waals surface area contributed by atoms with E-state index in [0.29, 0.717) is 5.56 Å². The first kappa shape index (κ1) is 9.24. The van der Waals surface area contributed by atoms with Crippen LogP contribution in [0.3, 0.4) is 0 Å². The molecule has 0 aliphatic carbocycles. The summed E-state index contributed by atoms with van der Waals surface area (Å²) in [5.41, 5.74) is 1.33. The van der Waals surface area contributed by atoms with Crippen LogP contribution in [0.25, 0.3) is 0 Å². The number of aliphatic hydroxyl groups is 1. The Kier molecular flexibility index (Phi) is 2.51. The Morgan fingerprint density at radius 1 is 1.42 bits per heavy atom. The SMILES string of the molecule is CC(O)(Br)c1ccc(C#N)cc1. The van der Waals surface area contributed by atoms with Crippen molar-refractivity contribution in [2.75, 3.05) is 0 Å². The molecule has 0 radical (unpaired) electrons. The minimum Gasteiger partial charge on any atom is -0.375 e. The molecule has 0 saturated heterocycles. The quantitative estimate of drug-likeness (QED) is 0.745. The molecule has 0 heterocycles. The van der Waals surface area contributed by atoms with Crippen molar-refractivity contribution in [3.63, 3.8) is 0 Å². The molecule has 2 nitrogen and oxygen atoms in total. The van der Waals surface area contributed by atoms with Gasteiger partial charge in [-0.1, -0.05) is 12.1 Å². The first-order chi connectivity index (χ1) is 5.54. The summed E-state index contributed by atoms with van der Waals surface area (Å²) in [6.07, 6.45) is 0. The number of benzene rings is 1. The van der Waals surface area contributed by atoms with Crippen molar-refractivity contribution in [2.45, 2.75) is 11.4 Å². The molecule has 1 rings (SSSR count). The lowest BCUT2D eigenvalue weighted by Crippen LogP contribution is -2.10. The number of halogens is 1. The van der Waals surface area contributed by atoms with E-state index < -0.39 is 4.51 Å². The van der Waals surface area contributed by atoms with Gasteiger partial charge in [0.05, 0.1) is 11.6 Å². The summed E-state index contributed by atoms with van der Waals surface area (Å²) >= 11 is 3.11. The van der Waals surface area contributed by atoms with Crippen molar-refractivity contribution < 1.29 is 5.11 Å². The maximum Gasteiger partial charge on any atom is 0.142 e. The predicted molar refractivity (Wildman–Crippen MR) is 49.7 cm³/mol. The molecule has 1 N–H and O–H groups in total. The Morgan fingerprint density at radius 2 is 1.92 bits per heavy atom. The molecule has 0 fully saturated rings. The van der Waals surface area contributed by atoms with Gasteiger partial charge in [0.2, 0.25) is 0 Å². The highest BCUT2D eigenvalue weighted by molar-refractivity contribution is 9.09. The van der Waals surface area contributed by atoms with Gasteiger partial charge in [-0.2, -0.15) is 5.26 Å². The normalized spacial score (nSPS) is 14.8. The summed E-state index contributed by atoms with van der Waals surface area (Å²) in [4.78, 5) is 0. The molecule has 0 saturated carbocycles. The van der Waals surface area contributed by atoms with E-state index in [1.807, 2.05) is 6.07 Å². The lowest BCUT2D eigenvalue weighted by atomic mass is 10.1. The van der Waals surface area contributed by atoms with Crippen molar-refractivity contribution in [1.82, 2.24) is 0 Å². The molecule has 3 heteroatoms. The second-order valence-electron chi connectivity index (χ2n) is 2.64. The highest BCUT2D eigenvalue weighted by atomic mass is 79.9. The topological polar surface area (TPSA) is 44.0 Å². The summed E-state index contributed by atoms with van der Waals surface area (Å²) in [5, 5.41) is 18.0. The van der Waals surface area contributed by atoms with Crippen molar-refractivity contribution in [2.24, 2.45) is 0 Å². The summed E-state index contributed by atoms with van der Waals surface area (Å²) in [6.45, 7) is 1.63. The number of nitrogens with zero attached hydrogens (tertiary/aromatic N) is 1. The molecule has 0 aliphatic rings. The molecule has 0 bridgehead atoms. The van der Waals surface area contributed by atoms with Crippen LogP contribution in [0, 0.1) is 11.3 Å². The Hall–Kier alpha value is -0.850. The predicted octanol–water partition coefficient (Wildman–Crippen LogP) is 2.12. The van der Waals surface area contributed by atoms with Gasteiger partial charge in [-0.05, 0) is 40.5 Å². The zero-order chi connectivity index (χ0) is 9.19. The van der Waals surface area contributed by atoms with Gasteiger partial charge in [-0.3, -0.25) is 0 Å². The van der Waals surface area contributed by atoms with Gasteiger partial charge in [0.15, 0.2) is 0 Å². The molecule has 0 aromatic heterocycles. The molecular weight excluding hydrogens is 218 g/mol. The fraction of sp³-hybridized carbons (Fsp3) is 0.222. The minimum absolute atomic E-state index is 0.593. The summed E-state index contributed by atoms with van der Waals surface area (Å²) < 4.78 is -1.01. The van der Waals surface area contributed by atoms with Gasteiger partial charge in [0.1, 0.15) is 4.51 Å². The molecule has 1 unspecified atom stereocenters. The Bertz CT molecular complexity index is 305. The van der Waals surface area contributed by atoms with Crippen molar-refractivity contribution in [1.29, 1.82) is 5.26 Å². The van der Waals surface area contributed by atoms with Gasteiger partial charge < -0.3 is 5.11 Å². The van der Waals surface area contributed by atoms with Gasteiger partial charge >= 0.3 is 0 Å². The fourth-order valence-electron chi connectivity index (χ4n) is 0.849. The van der Waals surface area contributed by atoms with Gasteiger partial charge in [0, 0.05) is 0 Å². The highest BCUT2D eigenvalue weighted by Crippen LogP contribution is 2.26. The molecule has 0 amide bonds. The summed E-state index contributed by atoms with van der Waals surface area (Å²) in [7, 11) is 0. The van der Waals surface area contributed by atoms with Crippen LogP contribution < -0.4 is 0 Å². The third-order valence-corrected chi connectivity index (χ3v) is 2.00. The maximum absolute atomic E-state index is 9.49. The molecular formula is C9H8BrNO. The van der Waals surface area contributed by atoms with Gasteiger partial charge in [-0.15, -0.1) is 0 Å². The van der Waals surface area contributed by atoms with Crippen LogP contribution in [0.4, 0.5) is 0 Å². The van der Waals surface area contributed by atoms with Gasteiger partial charge in [0.25, 0.3) is 0 Å². The van der Waals surface area contributed by atoms with E-state index in [4.69, 9.17) is 5.26 Å². The average molecular weight is 226 g/mol. The van der Waals surface area contributed by atoms with E-state index in [0.717, 1.165) is 5.56 Å². The molecule has 1 aromatic rings. The molecule has 62 valence electrons.